The van der Waals surface area contributed by atoms with E-state index >= 15 is 0 Å². The molecule has 30 heavy (non-hydrogen) atoms. The molecule has 3 aromatic rings. The van der Waals surface area contributed by atoms with Crippen LogP contribution in [-0.4, -0.2) is 15.5 Å². The molecule has 1 amide bonds. The zero-order valence-electron chi connectivity index (χ0n) is 17.1. The molecule has 0 unspecified atom stereocenters. The molecule has 2 heterocycles. The van der Waals surface area contributed by atoms with Gasteiger partial charge in [0.2, 0.25) is 5.91 Å². The van der Waals surface area contributed by atoms with Crippen LogP contribution in [0.15, 0.2) is 42.5 Å². The lowest BCUT2D eigenvalue weighted by Gasteiger charge is -2.31. The molecule has 4 rings (SSSR count). The Morgan fingerprint density at radius 2 is 2.00 bits per heavy atom. The van der Waals surface area contributed by atoms with Crippen molar-refractivity contribution in [3.05, 3.63) is 65.2 Å². The van der Waals surface area contributed by atoms with Gasteiger partial charge in [-0.3, -0.25) is 4.79 Å². The summed E-state index contributed by atoms with van der Waals surface area (Å²) in [5.41, 5.74) is 2.98. The van der Waals surface area contributed by atoms with E-state index in [2.05, 4.69) is 16.7 Å². The van der Waals surface area contributed by atoms with Crippen LogP contribution in [0.4, 0.5) is 15.9 Å². The minimum Gasteiger partial charge on any atom is -0.342 e. The first-order valence-electron chi connectivity index (χ1n) is 9.80. The lowest BCUT2D eigenvalue weighted by Crippen LogP contribution is -2.49. The molecule has 7 heteroatoms. The number of carbonyl (C=O) groups excluding carboxylic acids is 1. The van der Waals surface area contributed by atoms with E-state index < -0.39 is 5.54 Å². The Balaban J connectivity index is 1.87. The summed E-state index contributed by atoms with van der Waals surface area (Å²) in [6.45, 7) is 5.91. The van der Waals surface area contributed by atoms with E-state index in [4.69, 9.17) is 4.98 Å². The first kappa shape index (κ1) is 19.6. The Bertz CT molecular complexity index is 1170. The summed E-state index contributed by atoms with van der Waals surface area (Å²) in [7, 11) is 0. The average Bonchev–Trinajstić information content (AvgIpc) is 3.07. The van der Waals surface area contributed by atoms with E-state index in [1.54, 1.807) is 18.2 Å². The van der Waals surface area contributed by atoms with Gasteiger partial charge in [-0.2, -0.15) is 5.26 Å². The Hall–Kier alpha value is -3.66. The Morgan fingerprint density at radius 3 is 2.67 bits per heavy atom. The second-order valence-electron chi connectivity index (χ2n) is 7.86. The predicted octanol–water partition coefficient (Wildman–Crippen LogP) is 4.23. The molecule has 2 N–H and O–H groups in total. The smallest absolute Gasteiger partial charge is 0.240 e. The normalized spacial score (nSPS) is 14.6. The summed E-state index contributed by atoms with van der Waals surface area (Å²) in [5, 5.41) is 15.8. The maximum absolute atomic E-state index is 13.5. The highest BCUT2D eigenvalue weighted by Gasteiger charge is 2.36. The molecule has 0 fully saturated rings. The number of anilines is 2. The van der Waals surface area contributed by atoms with Crippen LogP contribution in [-0.2, 0) is 23.3 Å². The van der Waals surface area contributed by atoms with Gasteiger partial charge >= 0.3 is 0 Å². The van der Waals surface area contributed by atoms with Gasteiger partial charge in [0.1, 0.15) is 29.7 Å². The van der Waals surface area contributed by atoms with Gasteiger partial charge in [0.05, 0.1) is 17.2 Å². The Kier molecular flexibility index (Phi) is 4.78. The number of carbonyl (C=O) groups is 1. The standard InChI is InChI=1S/C23H22FN5O/c1-4-14-7-10-18(11-16(14)12-25)26-21-20(15-5-8-17(24)9-6-15)27-22-23(2,3)28-19(30)13-29(21)22/h5-11,26H,4,13H2,1-3H3,(H,28,30). The number of imidazole rings is 1. The van der Waals surface area contributed by atoms with Gasteiger partial charge in [-0.15, -0.1) is 0 Å². The molecule has 1 aliphatic heterocycles. The van der Waals surface area contributed by atoms with Crippen LogP contribution < -0.4 is 10.6 Å². The minimum absolute atomic E-state index is 0.113. The van der Waals surface area contributed by atoms with E-state index in [0.717, 1.165) is 23.2 Å². The molecule has 1 aliphatic rings. The molecule has 2 aromatic carbocycles. The van der Waals surface area contributed by atoms with Gasteiger partial charge < -0.3 is 15.2 Å². The number of aromatic nitrogens is 2. The molecule has 0 spiro atoms. The van der Waals surface area contributed by atoms with Gasteiger partial charge in [0.15, 0.2) is 0 Å². The number of aryl methyl sites for hydroxylation is 1. The van der Waals surface area contributed by atoms with E-state index in [9.17, 15) is 14.4 Å². The lowest BCUT2D eigenvalue weighted by molar-refractivity contribution is -0.124. The molecule has 1 aromatic heterocycles. The zero-order chi connectivity index (χ0) is 21.5. The summed E-state index contributed by atoms with van der Waals surface area (Å²) < 4.78 is 15.3. The predicted molar refractivity (Wildman–Crippen MR) is 113 cm³/mol. The number of fused-ring (bicyclic) bond motifs is 1. The number of hydrogen-bond acceptors (Lipinski definition) is 4. The van der Waals surface area contributed by atoms with Crippen LogP contribution in [0.2, 0.25) is 0 Å². The highest BCUT2D eigenvalue weighted by molar-refractivity contribution is 5.83. The number of halogens is 1. The van der Waals surface area contributed by atoms with Crippen LogP contribution in [0, 0.1) is 17.1 Å². The maximum atomic E-state index is 13.5. The fourth-order valence-corrected chi connectivity index (χ4v) is 3.81. The molecule has 0 saturated heterocycles. The largest absolute Gasteiger partial charge is 0.342 e. The van der Waals surface area contributed by atoms with Crippen LogP contribution in [0.3, 0.4) is 0 Å². The second-order valence-corrected chi connectivity index (χ2v) is 7.86. The number of nitriles is 1. The number of benzene rings is 2. The first-order valence-corrected chi connectivity index (χ1v) is 9.80. The van der Waals surface area contributed by atoms with E-state index in [0.29, 0.717) is 22.9 Å². The summed E-state index contributed by atoms with van der Waals surface area (Å²) in [5.74, 6) is 0.892. The van der Waals surface area contributed by atoms with Crippen molar-refractivity contribution in [2.75, 3.05) is 5.32 Å². The van der Waals surface area contributed by atoms with Gasteiger partial charge in [-0.25, -0.2) is 9.37 Å². The fourth-order valence-electron chi connectivity index (χ4n) is 3.81. The molecule has 6 nitrogen and oxygen atoms in total. The summed E-state index contributed by atoms with van der Waals surface area (Å²) in [6.07, 6.45) is 0.764. The Labute approximate surface area is 174 Å². The van der Waals surface area contributed by atoms with Crippen molar-refractivity contribution >= 4 is 17.4 Å². The van der Waals surface area contributed by atoms with Gasteiger partial charge in [0.25, 0.3) is 0 Å². The molecular formula is C23H22FN5O. The van der Waals surface area contributed by atoms with Crippen molar-refractivity contribution in [3.8, 4) is 17.3 Å². The van der Waals surface area contributed by atoms with E-state index in [-0.39, 0.29) is 18.3 Å². The van der Waals surface area contributed by atoms with Crippen LogP contribution in [0.25, 0.3) is 11.3 Å². The maximum Gasteiger partial charge on any atom is 0.240 e. The van der Waals surface area contributed by atoms with Crippen molar-refractivity contribution < 1.29 is 9.18 Å². The topological polar surface area (TPSA) is 82.7 Å². The van der Waals surface area contributed by atoms with Crippen molar-refractivity contribution in [1.82, 2.24) is 14.9 Å². The molecule has 0 bridgehead atoms. The van der Waals surface area contributed by atoms with Crippen molar-refractivity contribution in [3.63, 3.8) is 0 Å². The third-order valence-electron chi connectivity index (χ3n) is 5.27. The molecule has 0 atom stereocenters. The minimum atomic E-state index is -0.659. The quantitative estimate of drug-likeness (QED) is 0.683. The van der Waals surface area contributed by atoms with Crippen molar-refractivity contribution in [2.45, 2.75) is 39.3 Å². The third-order valence-corrected chi connectivity index (χ3v) is 5.27. The fraction of sp³-hybridized carbons (Fsp3) is 0.261. The van der Waals surface area contributed by atoms with Gasteiger partial charge in [0, 0.05) is 11.3 Å². The number of rotatable bonds is 4. The number of amides is 1. The van der Waals surface area contributed by atoms with Crippen LogP contribution >= 0.6 is 0 Å². The van der Waals surface area contributed by atoms with Crippen LogP contribution in [0.1, 0.15) is 37.7 Å². The molecule has 0 aliphatic carbocycles. The highest BCUT2D eigenvalue weighted by atomic mass is 19.1. The second kappa shape index (κ2) is 7.30. The zero-order valence-corrected chi connectivity index (χ0v) is 17.1. The van der Waals surface area contributed by atoms with Crippen LogP contribution in [0.5, 0.6) is 0 Å². The monoisotopic (exact) mass is 403 g/mol. The Morgan fingerprint density at radius 1 is 1.27 bits per heavy atom. The van der Waals surface area contributed by atoms with Gasteiger partial charge in [-0.1, -0.05) is 13.0 Å². The van der Waals surface area contributed by atoms with E-state index in [1.807, 2.05) is 37.5 Å². The molecule has 0 saturated carbocycles. The van der Waals surface area contributed by atoms with Gasteiger partial charge in [-0.05, 0) is 62.2 Å². The number of nitrogens with one attached hydrogen (secondary N) is 2. The number of hydrogen-bond donors (Lipinski definition) is 2. The first-order chi connectivity index (χ1) is 14.3. The van der Waals surface area contributed by atoms with E-state index in [1.165, 1.54) is 12.1 Å². The molecule has 0 radical (unpaired) electrons. The van der Waals surface area contributed by atoms with Crippen molar-refractivity contribution in [1.29, 1.82) is 5.26 Å². The average molecular weight is 403 g/mol. The van der Waals surface area contributed by atoms with Crippen molar-refractivity contribution in [2.24, 2.45) is 0 Å². The molecular weight excluding hydrogens is 381 g/mol. The highest BCUT2D eigenvalue weighted by Crippen LogP contribution is 2.36. The summed E-state index contributed by atoms with van der Waals surface area (Å²) in [4.78, 5) is 17.1. The lowest BCUT2D eigenvalue weighted by atomic mass is 10.0. The molecule has 152 valence electrons. The SMILES string of the molecule is CCc1ccc(Nc2c(-c3ccc(F)cc3)nc3n2CC(=O)NC3(C)C)cc1C#N. The summed E-state index contributed by atoms with van der Waals surface area (Å²) >= 11 is 0. The summed E-state index contributed by atoms with van der Waals surface area (Å²) in [6, 6.07) is 13.9. The third kappa shape index (κ3) is 3.41. The number of nitrogens with zero attached hydrogens (tertiary/aromatic N) is 3.